The average Bonchev–Trinajstić information content (AvgIpc) is 4.13. The quantitative estimate of drug-likeness (QED) is 0.120. The highest BCUT2D eigenvalue weighted by Crippen LogP contribution is 2.47. The van der Waals surface area contributed by atoms with E-state index in [1.807, 2.05) is 40.1 Å². The Hall–Kier alpha value is -8.78. The van der Waals surface area contributed by atoms with Crippen molar-refractivity contribution in [3.8, 4) is 0 Å². The van der Waals surface area contributed by atoms with Gasteiger partial charge in [0.05, 0.1) is 11.4 Å². The van der Waals surface area contributed by atoms with Crippen LogP contribution in [-0.2, 0) is 0 Å². The summed E-state index contributed by atoms with van der Waals surface area (Å²) >= 11 is 5.54. The maximum atomic E-state index is 4.45. The molecule has 0 bridgehead atoms. The highest BCUT2D eigenvalue weighted by Gasteiger charge is 2.22. The third-order valence-corrected chi connectivity index (χ3v) is 18.0. The van der Waals surface area contributed by atoms with Gasteiger partial charge in [0, 0.05) is 101 Å². The van der Waals surface area contributed by atoms with Crippen LogP contribution >= 0.6 is 34.0 Å². The highest BCUT2D eigenvalue weighted by molar-refractivity contribution is 7.26. The lowest BCUT2D eigenvalue weighted by Crippen LogP contribution is -2.14. The fourth-order valence-corrected chi connectivity index (χ4v) is 14.5. The maximum Gasteiger partial charge on any atom is 0.0540 e. The Morgan fingerprint density at radius 1 is 0.347 bits per heavy atom. The molecule has 3 aromatic heterocycles. The van der Waals surface area contributed by atoms with Crippen LogP contribution in [0.1, 0.15) is 10.4 Å². The minimum absolute atomic E-state index is 1.00. The first-order chi connectivity index (χ1) is 37.0. The van der Waals surface area contributed by atoms with Gasteiger partial charge in [-0.2, -0.15) is 0 Å². The van der Waals surface area contributed by atoms with Crippen molar-refractivity contribution in [3.63, 3.8) is 0 Å². The molecule has 0 saturated heterocycles. The fraction of sp³-hybridized carbons (Fsp3) is 0.0145. The molecule has 0 atom stereocenters. The second-order valence-corrected chi connectivity index (χ2v) is 22.2. The fourth-order valence-electron chi connectivity index (χ4n) is 11.0. The van der Waals surface area contributed by atoms with Gasteiger partial charge in [-0.3, -0.25) is 0 Å². The van der Waals surface area contributed by atoms with E-state index in [4.69, 9.17) is 0 Å². The monoisotopic (exact) mass is 1010 g/mol. The molecule has 0 saturated carbocycles. The Labute approximate surface area is 447 Å². The topological polar surface area (TPSA) is 9.72 Å². The van der Waals surface area contributed by atoms with E-state index >= 15 is 0 Å². The molecule has 14 rings (SSSR count). The molecule has 3 nitrogen and oxygen atoms in total. The molecule has 0 N–H and O–H groups in total. The second-order valence-electron chi connectivity index (χ2n) is 19.0. The van der Waals surface area contributed by atoms with E-state index in [1.165, 1.54) is 82.4 Å². The number of para-hydroxylation sites is 2. The summed E-state index contributed by atoms with van der Waals surface area (Å²) in [5, 5.41) is 11.2. The van der Waals surface area contributed by atoms with Crippen LogP contribution in [0.15, 0.2) is 261 Å². The molecule has 356 valence electrons. The van der Waals surface area contributed by atoms with Gasteiger partial charge in [-0.25, -0.2) is 0 Å². The minimum Gasteiger partial charge on any atom is -0.310 e. The maximum absolute atomic E-state index is 4.45. The Balaban J connectivity index is 0.861. The molecule has 14 aromatic rings. The number of thiophene rings is 3. The molecule has 11 aromatic carbocycles. The van der Waals surface area contributed by atoms with Crippen LogP contribution in [0.2, 0.25) is 0 Å². The van der Waals surface area contributed by atoms with Crippen molar-refractivity contribution in [2.45, 2.75) is 6.92 Å². The summed E-state index contributed by atoms with van der Waals surface area (Å²) in [5.74, 6) is 0. The molecular weight excluding hydrogens is 967 g/mol. The van der Waals surface area contributed by atoms with Gasteiger partial charge in [-0.05, 0) is 132 Å². The van der Waals surface area contributed by atoms with E-state index in [0.717, 1.165) is 51.2 Å². The van der Waals surface area contributed by atoms with E-state index in [0.29, 0.717) is 0 Å². The number of aryl methyl sites for hydroxylation is 1. The van der Waals surface area contributed by atoms with Gasteiger partial charge in [0.2, 0.25) is 0 Å². The van der Waals surface area contributed by atoms with Crippen molar-refractivity contribution in [3.05, 3.63) is 271 Å². The number of benzene rings is 11. The third kappa shape index (κ3) is 7.85. The molecule has 6 heteroatoms. The van der Waals surface area contributed by atoms with Crippen molar-refractivity contribution in [1.82, 2.24) is 0 Å². The van der Waals surface area contributed by atoms with Crippen LogP contribution in [0.5, 0.6) is 0 Å². The lowest BCUT2D eigenvalue weighted by atomic mass is 10.1. The van der Waals surface area contributed by atoms with Gasteiger partial charge >= 0.3 is 0 Å². The first-order valence-corrected chi connectivity index (χ1v) is 27.7. The van der Waals surface area contributed by atoms with Gasteiger partial charge in [0.15, 0.2) is 0 Å². The van der Waals surface area contributed by atoms with Gasteiger partial charge in [-0.15, -0.1) is 34.0 Å². The highest BCUT2D eigenvalue weighted by atomic mass is 32.1. The summed E-state index contributed by atoms with van der Waals surface area (Å²) in [7, 11) is 0. The summed E-state index contributed by atoms with van der Waals surface area (Å²) in [6.07, 6.45) is 4.32. The van der Waals surface area contributed by atoms with Gasteiger partial charge in [0.25, 0.3) is 0 Å². The summed E-state index contributed by atoms with van der Waals surface area (Å²) in [6, 6.07) is 88.5. The van der Waals surface area contributed by atoms with Crippen molar-refractivity contribution in [2.75, 3.05) is 14.7 Å². The number of fused-ring (bicyclic) bond motifs is 9. The minimum atomic E-state index is 1.00. The summed E-state index contributed by atoms with van der Waals surface area (Å²) < 4.78 is 6.29. The van der Waals surface area contributed by atoms with E-state index in [-0.39, 0.29) is 0 Å². The Morgan fingerprint density at radius 2 is 0.760 bits per heavy atom. The van der Waals surface area contributed by atoms with Crippen molar-refractivity contribution >= 4 is 158 Å². The molecule has 0 aliphatic heterocycles. The molecule has 3 heterocycles. The standard InChI is InChI=1S/C69H47N3S3/c1-3-48(40-65-45(2)55-36-32-52(42-66(55)74-65)71(50-24-8-5-9-25-50)62-29-16-20-46-18-10-12-26-56(46)62)70(49-22-6-4-7-23-49)51-33-37-60-61-39-35-54(44-69(61)75-68(60)41-51)72(63-30-17-21-47-19-11-13-27-57(47)63)53-34-38-59-58-28-14-15-31-64(58)73-67(59)43-53/h3-44H,1H2,2H3/b48-40+. The number of rotatable bonds is 11. The zero-order chi connectivity index (χ0) is 50.0. The van der Waals surface area contributed by atoms with Gasteiger partial charge < -0.3 is 14.7 Å². The van der Waals surface area contributed by atoms with Crippen LogP contribution in [0.25, 0.3) is 78.1 Å². The lowest BCUT2D eigenvalue weighted by Gasteiger charge is -2.27. The molecule has 0 amide bonds. The predicted octanol–water partition coefficient (Wildman–Crippen LogP) is 21.6. The van der Waals surface area contributed by atoms with Crippen LogP contribution in [-0.4, -0.2) is 0 Å². The average molecular weight is 1010 g/mol. The van der Waals surface area contributed by atoms with Gasteiger partial charge in [0.1, 0.15) is 0 Å². The zero-order valence-electron chi connectivity index (χ0n) is 41.0. The SMILES string of the molecule is C=C/C(=C\c1sc2cc(N(c3ccccc3)c3cccc4ccccc34)ccc2c1C)N(c1ccccc1)c1ccc2c(c1)sc1cc(N(c3ccc4c(c3)sc3ccccc34)c3cccc4ccccc34)ccc12. The number of hydrogen-bond acceptors (Lipinski definition) is 6. The largest absolute Gasteiger partial charge is 0.310 e. The van der Waals surface area contributed by atoms with Crippen LogP contribution < -0.4 is 14.7 Å². The molecule has 0 unspecified atom stereocenters. The first kappa shape index (κ1) is 44.9. The second kappa shape index (κ2) is 18.6. The Morgan fingerprint density at radius 3 is 1.33 bits per heavy atom. The molecule has 0 aliphatic carbocycles. The van der Waals surface area contributed by atoms with E-state index in [1.54, 1.807) is 0 Å². The van der Waals surface area contributed by atoms with Crippen molar-refractivity contribution in [1.29, 1.82) is 0 Å². The molecule has 0 aliphatic rings. The molecule has 0 spiro atoms. The number of anilines is 8. The van der Waals surface area contributed by atoms with Crippen molar-refractivity contribution < 1.29 is 0 Å². The molecule has 0 radical (unpaired) electrons. The zero-order valence-corrected chi connectivity index (χ0v) is 43.5. The van der Waals surface area contributed by atoms with E-state index < -0.39 is 0 Å². The molecular formula is C69H47N3S3. The lowest BCUT2D eigenvalue weighted by molar-refractivity contribution is 1.23. The summed E-state index contributed by atoms with van der Waals surface area (Å²) in [4.78, 5) is 8.38. The summed E-state index contributed by atoms with van der Waals surface area (Å²) in [6.45, 7) is 6.70. The van der Waals surface area contributed by atoms with Crippen LogP contribution in [0.4, 0.5) is 45.5 Å². The van der Waals surface area contributed by atoms with E-state index in [2.05, 4.69) is 277 Å². The van der Waals surface area contributed by atoms with Crippen LogP contribution in [0.3, 0.4) is 0 Å². The molecule has 0 fully saturated rings. The van der Waals surface area contributed by atoms with E-state index in [9.17, 15) is 0 Å². The number of allylic oxidation sites excluding steroid dienone is 1. The Bertz CT molecular complexity index is 4530. The predicted molar refractivity (Wildman–Crippen MR) is 330 cm³/mol. The Kier molecular flexibility index (Phi) is 11.1. The smallest absolute Gasteiger partial charge is 0.0540 e. The number of hydrogen-bond donors (Lipinski definition) is 0. The third-order valence-electron chi connectivity index (χ3n) is 14.6. The molecule has 75 heavy (non-hydrogen) atoms. The number of nitrogens with zero attached hydrogens (tertiary/aromatic N) is 3. The summed E-state index contributed by atoms with van der Waals surface area (Å²) in [5.41, 5.74) is 11.2. The normalized spacial score (nSPS) is 11.9. The van der Waals surface area contributed by atoms with Gasteiger partial charge in [-0.1, -0.05) is 158 Å². The van der Waals surface area contributed by atoms with Crippen LogP contribution in [0, 0.1) is 6.92 Å². The van der Waals surface area contributed by atoms with Crippen molar-refractivity contribution in [2.24, 2.45) is 0 Å². The first-order valence-electron chi connectivity index (χ1n) is 25.3.